The van der Waals surface area contributed by atoms with Crippen molar-refractivity contribution in [3.05, 3.63) is 48.0 Å². The van der Waals surface area contributed by atoms with Crippen LogP contribution >= 0.6 is 11.3 Å². The number of nitrogens with zero attached hydrogens (tertiary/aromatic N) is 4. The predicted octanol–water partition coefficient (Wildman–Crippen LogP) is 8.73. The molecule has 0 amide bonds. The number of hydrogen-bond donors (Lipinski definition) is 1. The van der Waals surface area contributed by atoms with E-state index in [1.54, 1.807) is 12.1 Å². The van der Waals surface area contributed by atoms with Gasteiger partial charge >= 0.3 is 35.8 Å². The Morgan fingerprint density at radius 1 is 0.762 bits per heavy atom. The lowest BCUT2D eigenvalue weighted by Gasteiger charge is -2.39. The highest BCUT2D eigenvalue weighted by atomic mass is 32.1. The number of benzene rings is 2. The van der Waals surface area contributed by atoms with E-state index in [1.165, 1.54) is 12.1 Å². The van der Waals surface area contributed by atoms with Gasteiger partial charge in [-0.1, -0.05) is 17.4 Å². The molecule has 0 fully saturated rings. The van der Waals surface area contributed by atoms with Crippen molar-refractivity contribution in [1.82, 2.24) is 4.98 Å². The number of azo groups is 1. The van der Waals surface area contributed by atoms with Crippen LogP contribution in [-0.2, 0) is 5.92 Å². The third-order valence-electron chi connectivity index (χ3n) is 5.89. The summed E-state index contributed by atoms with van der Waals surface area (Å²) >= 11 is 0.406. The maximum atomic E-state index is 14.5. The lowest BCUT2D eigenvalue weighted by molar-refractivity contribution is -0.441. The van der Waals surface area contributed by atoms with Crippen LogP contribution < -0.4 is 4.90 Å². The van der Waals surface area contributed by atoms with E-state index in [0.717, 1.165) is 5.69 Å². The van der Waals surface area contributed by atoms with Crippen LogP contribution in [-0.4, -0.2) is 59.7 Å². The molecule has 232 valence electrons. The number of rotatable bonds is 11. The summed E-state index contributed by atoms with van der Waals surface area (Å²) in [6, 6.07) is 7.04. The fourth-order valence-electron chi connectivity index (χ4n) is 3.52. The van der Waals surface area contributed by atoms with Crippen molar-refractivity contribution in [2.75, 3.05) is 24.6 Å². The Hall–Kier alpha value is -3.22. The van der Waals surface area contributed by atoms with Crippen LogP contribution in [0.1, 0.15) is 12.5 Å². The highest BCUT2D eigenvalue weighted by Crippen LogP contribution is 2.62. The molecule has 1 aromatic heterocycles. The number of likely N-dealkylation sites (N-methyl/N-ethyl adjacent to an activating group) is 1. The third-order valence-corrected chi connectivity index (χ3v) is 6.79. The first-order valence-corrected chi connectivity index (χ1v) is 12.2. The molecular formula is C23H17F13N4OS. The van der Waals surface area contributed by atoms with Gasteiger partial charge in [0.15, 0.2) is 0 Å². The first-order chi connectivity index (χ1) is 19.2. The smallest absolute Gasteiger partial charge is 0.395 e. The van der Waals surface area contributed by atoms with Gasteiger partial charge in [0, 0.05) is 24.3 Å². The van der Waals surface area contributed by atoms with Gasteiger partial charge in [-0.15, -0.1) is 10.2 Å². The number of aliphatic hydroxyl groups is 1. The number of hydrogen-bond acceptors (Lipinski definition) is 6. The molecule has 0 saturated carbocycles. The molecule has 0 radical (unpaired) electrons. The number of thiazole rings is 1. The van der Waals surface area contributed by atoms with Gasteiger partial charge in [-0.3, -0.25) is 0 Å². The Morgan fingerprint density at radius 2 is 1.33 bits per heavy atom. The summed E-state index contributed by atoms with van der Waals surface area (Å²) in [4.78, 5) is 5.68. The summed E-state index contributed by atoms with van der Waals surface area (Å²) in [5, 5.41) is 16.4. The van der Waals surface area contributed by atoms with Gasteiger partial charge in [-0.05, 0) is 43.3 Å². The van der Waals surface area contributed by atoms with E-state index in [0.29, 0.717) is 30.5 Å². The number of aliphatic hydroxyl groups excluding tert-OH is 1. The average molecular weight is 644 g/mol. The predicted molar refractivity (Wildman–Crippen MR) is 125 cm³/mol. The Balaban J connectivity index is 1.92. The Morgan fingerprint density at radius 3 is 1.86 bits per heavy atom. The molecule has 2 aromatic carbocycles. The Bertz CT molecular complexity index is 1420. The van der Waals surface area contributed by atoms with Gasteiger partial charge < -0.3 is 10.0 Å². The maximum Gasteiger partial charge on any atom is 0.460 e. The number of aromatic nitrogens is 1. The van der Waals surface area contributed by atoms with Gasteiger partial charge in [0.25, 0.3) is 0 Å². The summed E-state index contributed by atoms with van der Waals surface area (Å²) in [5.74, 6) is -37.5. The molecule has 0 aliphatic rings. The van der Waals surface area contributed by atoms with Crippen LogP contribution in [0.5, 0.6) is 0 Å². The van der Waals surface area contributed by atoms with Gasteiger partial charge in [0.1, 0.15) is 0 Å². The van der Waals surface area contributed by atoms with Gasteiger partial charge in [0.05, 0.1) is 22.5 Å². The molecule has 5 nitrogen and oxygen atoms in total. The van der Waals surface area contributed by atoms with Crippen molar-refractivity contribution in [3.8, 4) is 0 Å². The van der Waals surface area contributed by atoms with Crippen LogP contribution in [0.25, 0.3) is 10.2 Å². The lowest BCUT2D eigenvalue weighted by Crippen LogP contribution is -2.69. The molecule has 0 spiro atoms. The van der Waals surface area contributed by atoms with E-state index in [4.69, 9.17) is 5.11 Å². The second-order valence-electron chi connectivity index (χ2n) is 8.57. The highest BCUT2D eigenvalue weighted by Gasteiger charge is 2.90. The highest BCUT2D eigenvalue weighted by molar-refractivity contribution is 7.21. The van der Waals surface area contributed by atoms with Gasteiger partial charge in [0.2, 0.25) is 5.13 Å². The number of alkyl halides is 13. The van der Waals surface area contributed by atoms with E-state index >= 15 is 0 Å². The summed E-state index contributed by atoms with van der Waals surface area (Å²) < 4.78 is 175. The van der Waals surface area contributed by atoms with Crippen LogP contribution in [0.3, 0.4) is 0 Å². The molecule has 42 heavy (non-hydrogen) atoms. The van der Waals surface area contributed by atoms with Crippen molar-refractivity contribution in [2.45, 2.75) is 42.7 Å². The zero-order chi connectivity index (χ0) is 31.9. The minimum atomic E-state index is -7.97. The first kappa shape index (κ1) is 33.3. The fourth-order valence-corrected chi connectivity index (χ4v) is 4.35. The maximum absolute atomic E-state index is 14.5. The largest absolute Gasteiger partial charge is 0.460 e. The second kappa shape index (κ2) is 11.1. The topological polar surface area (TPSA) is 61.1 Å². The fraction of sp³-hybridized carbons (Fsp3) is 0.435. The van der Waals surface area contributed by atoms with E-state index < -0.39 is 46.1 Å². The zero-order valence-electron chi connectivity index (χ0n) is 20.7. The second-order valence-corrected chi connectivity index (χ2v) is 9.58. The number of fused-ring (bicyclic) bond motifs is 1. The molecule has 3 rings (SSSR count). The SMILES string of the molecule is CCN(CCO)c1ccc(N=Nc2nc3ccc(C(F)(F)C(F)(F)C(F)(F)C(F)(F)C(F)(F)C(F)(F)F)cc3s2)cc1. The van der Waals surface area contributed by atoms with E-state index in [9.17, 15) is 57.1 Å². The lowest BCUT2D eigenvalue weighted by atomic mass is 9.90. The van der Waals surface area contributed by atoms with Crippen molar-refractivity contribution >= 4 is 38.1 Å². The summed E-state index contributed by atoms with van der Waals surface area (Å²) in [7, 11) is 0. The van der Waals surface area contributed by atoms with Crippen LogP contribution in [0.4, 0.5) is 73.6 Å². The first-order valence-electron chi connectivity index (χ1n) is 11.4. The van der Waals surface area contributed by atoms with Gasteiger partial charge in [-0.2, -0.15) is 57.1 Å². The van der Waals surface area contributed by atoms with Crippen molar-refractivity contribution in [3.63, 3.8) is 0 Å². The summed E-state index contributed by atoms with van der Waals surface area (Å²) in [6.45, 7) is 2.70. The standard InChI is InChI=1S/C23H17F13N4OS/c1-2-40(9-10-41)14-6-4-13(5-7-14)38-39-17-37-15-8-3-12(11-16(15)42-17)18(24,25)19(26,27)20(28,29)21(30,31)22(32,33)23(34,35)36/h3-8,11,41H,2,9-10H2,1H3. The van der Waals surface area contributed by atoms with Crippen molar-refractivity contribution in [1.29, 1.82) is 0 Å². The zero-order valence-corrected chi connectivity index (χ0v) is 21.5. The molecule has 0 aliphatic heterocycles. The number of anilines is 1. The summed E-state index contributed by atoms with van der Waals surface area (Å²) in [5.41, 5.74) is -1.32. The quantitative estimate of drug-likeness (QED) is 0.168. The van der Waals surface area contributed by atoms with E-state index in [-0.39, 0.29) is 35.1 Å². The van der Waals surface area contributed by atoms with E-state index in [2.05, 4.69) is 15.2 Å². The average Bonchev–Trinajstić information content (AvgIpc) is 3.32. The normalized spacial score (nSPS) is 14.3. The van der Waals surface area contributed by atoms with E-state index in [1.807, 2.05) is 11.8 Å². The monoisotopic (exact) mass is 644 g/mol. The molecule has 3 aromatic rings. The summed E-state index contributed by atoms with van der Waals surface area (Å²) in [6.07, 6.45) is -7.48. The van der Waals surface area contributed by atoms with Crippen molar-refractivity contribution < 1.29 is 62.2 Å². The van der Waals surface area contributed by atoms with Crippen LogP contribution in [0.15, 0.2) is 52.7 Å². The van der Waals surface area contributed by atoms with Crippen LogP contribution in [0.2, 0.25) is 0 Å². The van der Waals surface area contributed by atoms with Gasteiger partial charge in [-0.25, -0.2) is 4.98 Å². The third kappa shape index (κ3) is 5.47. The molecular weight excluding hydrogens is 627 g/mol. The number of halogens is 13. The Kier molecular flexibility index (Phi) is 8.82. The van der Waals surface area contributed by atoms with Crippen molar-refractivity contribution in [2.24, 2.45) is 10.2 Å². The molecule has 0 saturated heterocycles. The molecule has 1 N–H and O–H groups in total. The molecule has 0 bridgehead atoms. The minimum Gasteiger partial charge on any atom is -0.395 e. The molecule has 0 aliphatic carbocycles. The minimum absolute atomic E-state index is 0.0393. The molecule has 0 atom stereocenters. The molecule has 19 heteroatoms. The van der Waals surface area contributed by atoms with Crippen LogP contribution in [0, 0.1) is 0 Å². The Labute approximate surface area is 231 Å². The molecule has 0 unspecified atom stereocenters. The molecule has 1 heterocycles.